The predicted molar refractivity (Wildman–Crippen MR) is 102 cm³/mol. The molecule has 7 nitrogen and oxygen atoms in total. The average molecular weight is 398 g/mol. The van der Waals surface area contributed by atoms with E-state index in [9.17, 15) is 14.4 Å². The fraction of sp³-hybridized carbons (Fsp3) is 0.318. The Hall–Kier alpha value is -3.19. The maximum atomic E-state index is 12.4. The van der Waals surface area contributed by atoms with Gasteiger partial charge in [-0.1, -0.05) is 36.4 Å². The lowest BCUT2D eigenvalue weighted by molar-refractivity contribution is -0.191. The van der Waals surface area contributed by atoms with Crippen molar-refractivity contribution in [3.05, 3.63) is 71.8 Å². The van der Waals surface area contributed by atoms with Crippen LogP contribution in [0.3, 0.4) is 0 Å². The molecule has 7 heteroatoms. The third kappa shape index (κ3) is 5.42. The van der Waals surface area contributed by atoms with E-state index in [0.29, 0.717) is 11.1 Å². The van der Waals surface area contributed by atoms with Crippen LogP contribution in [-0.2, 0) is 23.7 Å². The van der Waals surface area contributed by atoms with Crippen molar-refractivity contribution >= 4 is 17.9 Å². The van der Waals surface area contributed by atoms with Crippen LogP contribution in [0.25, 0.3) is 0 Å². The summed E-state index contributed by atoms with van der Waals surface area (Å²) in [6.45, 7) is 2.92. The zero-order valence-electron chi connectivity index (χ0n) is 16.1. The molecule has 4 unspecified atom stereocenters. The normalized spacial score (nSPS) is 21.8. The number of carbonyl (C=O) groups excluding carboxylic acids is 3. The summed E-state index contributed by atoms with van der Waals surface area (Å²) in [6, 6.07) is 17.1. The molecule has 0 aliphatic carbocycles. The van der Waals surface area contributed by atoms with Gasteiger partial charge in [0, 0.05) is 13.3 Å². The van der Waals surface area contributed by atoms with Crippen LogP contribution in [-0.4, -0.2) is 42.5 Å². The highest BCUT2D eigenvalue weighted by atomic mass is 16.7. The van der Waals surface area contributed by atoms with Crippen molar-refractivity contribution in [1.82, 2.24) is 0 Å². The molecular weight excluding hydrogens is 376 g/mol. The smallest absolute Gasteiger partial charge is 0.338 e. The van der Waals surface area contributed by atoms with Crippen LogP contribution in [0.4, 0.5) is 0 Å². The molecule has 152 valence electrons. The quantitative estimate of drug-likeness (QED) is 0.546. The highest BCUT2D eigenvalue weighted by Crippen LogP contribution is 2.29. The van der Waals surface area contributed by atoms with Crippen LogP contribution in [0.5, 0.6) is 0 Å². The lowest BCUT2D eigenvalue weighted by atomic mass is 10.1. The van der Waals surface area contributed by atoms with Crippen molar-refractivity contribution in [3.8, 4) is 0 Å². The fourth-order valence-electron chi connectivity index (χ4n) is 3.00. The molecule has 1 fully saturated rings. The molecule has 0 bridgehead atoms. The monoisotopic (exact) mass is 398 g/mol. The number of hydrogen-bond donors (Lipinski definition) is 0. The summed E-state index contributed by atoms with van der Waals surface area (Å²) in [6.07, 6.45) is -2.89. The van der Waals surface area contributed by atoms with Gasteiger partial charge in [0.2, 0.25) is 6.29 Å². The standard InChI is InChI=1S/C22H22O7/c1-14(26-20(24)16-9-5-3-6-10-16)18-13-19(22(29-18)27-15(2)23)28-21(25)17-11-7-4-8-12-17/h3-12,14,18-19,22H,13H2,1-2H3. The van der Waals surface area contributed by atoms with E-state index < -0.39 is 42.5 Å². The first kappa shape index (κ1) is 20.5. The number of ether oxygens (including phenoxy) is 4. The van der Waals surface area contributed by atoms with Gasteiger partial charge in [0.05, 0.1) is 11.1 Å². The van der Waals surface area contributed by atoms with Crippen LogP contribution in [0.2, 0.25) is 0 Å². The molecule has 0 aromatic heterocycles. The Kier molecular flexibility index (Phi) is 6.61. The van der Waals surface area contributed by atoms with Crippen molar-refractivity contribution in [2.45, 2.75) is 44.9 Å². The SMILES string of the molecule is CC(=O)OC1OC(C(C)OC(=O)c2ccccc2)CC1OC(=O)c1ccccc1. The van der Waals surface area contributed by atoms with Crippen molar-refractivity contribution in [1.29, 1.82) is 0 Å². The Balaban J connectivity index is 1.65. The van der Waals surface area contributed by atoms with Gasteiger partial charge >= 0.3 is 17.9 Å². The van der Waals surface area contributed by atoms with Crippen molar-refractivity contribution in [2.75, 3.05) is 0 Å². The zero-order chi connectivity index (χ0) is 20.8. The Labute approximate surface area is 168 Å². The first-order valence-electron chi connectivity index (χ1n) is 9.29. The van der Waals surface area contributed by atoms with Crippen molar-refractivity contribution in [2.24, 2.45) is 0 Å². The first-order chi connectivity index (χ1) is 13.9. The second-order valence-electron chi connectivity index (χ2n) is 6.67. The van der Waals surface area contributed by atoms with Crippen LogP contribution in [0, 0.1) is 0 Å². The molecule has 1 heterocycles. The summed E-state index contributed by atoms with van der Waals surface area (Å²) >= 11 is 0. The minimum atomic E-state index is -1.07. The first-order valence-corrected chi connectivity index (χ1v) is 9.29. The van der Waals surface area contributed by atoms with Gasteiger partial charge in [-0.05, 0) is 31.2 Å². The molecule has 0 saturated carbocycles. The third-order valence-corrected chi connectivity index (χ3v) is 4.45. The van der Waals surface area contributed by atoms with Crippen LogP contribution < -0.4 is 0 Å². The van der Waals surface area contributed by atoms with Crippen LogP contribution in [0.1, 0.15) is 41.0 Å². The number of esters is 3. The highest BCUT2D eigenvalue weighted by Gasteiger charge is 2.43. The van der Waals surface area contributed by atoms with E-state index >= 15 is 0 Å². The third-order valence-electron chi connectivity index (χ3n) is 4.45. The Bertz CT molecular complexity index is 850. The molecule has 29 heavy (non-hydrogen) atoms. The molecule has 2 aromatic rings. The maximum absolute atomic E-state index is 12.4. The van der Waals surface area contributed by atoms with Gasteiger partial charge in [0.25, 0.3) is 0 Å². The summed E-state index contributed by atoms with van der Waals surface area (Å²) in [4.78, 5) is 36.0. The van der Waals surface area contributed by atoms with E-state index in [4.69, 9.17) is 18.9 Å². The minimum Gasteiger partial charge on any atom is -0.456 e. The lowest BCUT2D eigenvalue weighted by Gasteiger charge is -2.20. The lowest BCUT2D eigenvalue weighted by Crippen LogP contribution is -2.31. The van der Waals surface area contributed by atoms with E-state index in [2.05, 4.69) is 0 Å². The number of carbonyl (C=O) groups is 3. The number of benzene rings is 2. The van der Waals surface area contributed by atoms with Crippen molar-refractivity contribution in [3.63, 3.8) is 0 Å². The molecule has 4 atom stereocenters. The fourth-order valence-corrected chi connectivity index (χ4v) is 3.00. The largest absolute Gasteiger partial charge is 0.456 e. The molecule has 0 spiro atoms. The molecule has 1 aliphatic heterocycles. The average Bonchev–Trinajstić information content (AvgIpc) is 3.11. The van der Waals surface area contributed by atoms with Gasteiger partial charge in [-0.15, -0.1) is 0 Å². The van der Waals surface area contributed by atoms with Crippen LogP contribution >= 0.6 is 0 Å². The summed E-state index contributed by atoms with van der Waals surface area (Å²) in [7, 11) is 0. The van der Waals surface area contributed by atoms with E-state index in [0.717, 1.165) is 0 Å². The maximum Gasteiger partial charge on any atom is 0.338 e. The van der Waals surface area contributed by atoms with Crippen LogP contribution in [0.15, 0.2) is 60.7 Å². The Morgan fingerprint density at radius 3 is 2.00 bits per heavy atom. The van der Waals surface area contributed by atoms with E-state index in [-0.39, 0.29) is 6.42 Å². The molecule has 1 aliphatic rings. The molecule has 1 saturated heterocycles. The Morgan fingerprint density at radius 1 is 0.897 bits per heavy atom. The summed E-state index contributed by atoms with van der Waals surface area (Å²) in [5.74, 6) is -1.60. The van der Waals surface area contributed by atoms with Gasteiger partial charge in [0.1, 0.15) is 12.2 Å². The molecule has 3 rings (SSSR count). The van der Waals surface area contributed by atoms with Gasteiger partial charge in [0.15, 0.2) is 6.10 Å². The molecule has 0 N–H and O–H groups in total. The minimum absolute atomic E-state index is 0.222. The number of hydrogen-bond acceptors (Lipinski definition) is 7. The predicted octanol–water partition coefficient (Wildman–Crippen LogP) is 3.14. The molecule has 0 amide bonds. The summed E-state index contributed by atoms with van der Waals surface area (Å²) in [5, 5.41) is 0. The van der Waals surface area contributed by atoms with Gasteiger partial charge in [-0.2, -0.15) is 0 Å². The molecule has 2 aromatic carbocycles. The molecular formula is C22H22O7. The zero-order valence-corrected chi connectivity index (χ0v) is 16.1. The molecule has 0 radical (unpaired) electrons. The van der Waals surface area contributed by atoms with Crippen molar-refractivity contribution < 1.29 is 33.3 Å². The second-order valence-corrected chi connectivity index (χ2v) is 6.67. The summed E-state index contributed by atoms with van der Waals surface area (Å²) in [5.41, 5.74) is 0.794. The second kappa shape index (κ2) is 9.34. The topological polar surface area (TPSA) is 88.1 Å². The highest BCUT2D eigenvalue weighted by molar-refractivity contribution is 5.90. The van der Waals surface area contributed by atoms with Gasteiger partial charge in [-0.3, -0.25) is 4.79 Å². The summed E-state index contributed by atoms with van der Waals surface area (Å²) < 4.78 is 21.8. The number of rotatable bonds is 6. The van der Waals surface area contributed by atoms with E-state index in [1.54, 1.807) is 67.6 Å². The van der Waals surface area contributed by atoms with E-state index in [1.165, 1.54) is 6.92 Å². The Morgan fingerprint density at radius 2 is 1.45 bits per heavy atom. The van der Waals surface area contributed by atoms with Gasteiger partial charge < -0.3 is 18.9 Å². The van der Waals surface area contributed by atoms with E-state index in [1.807, 2.05) is 0 Å². The van der Waals surface area contributed by atoms with Gasteiger partial charge in [-0.25, -0.2) is 9.59 Å².